The maximum absolute atomic E-state index is 12.1. The Bertz CT molecular complexity index is 714. The Morgan fingerprint density at radius 2 is 1.71 bits per heavy atom. The number of nitrogens with zero attached hydrogens (tertiary/aromatic N) is 1. The first kappa shape index (κ1) is 17.9. The highest BCUT2D eigenvalue weighted by atomic mass is 32.2. The molecule has 0 saturated carbocycles. The molecule has 0 aliphatic carbocycles. The molecule has 2 aromatic carbocycles. The molecule has 0 bridgehead atoms. The van der Waals surface area contributed by atoms with Crippen LogP contribution >= 0.6 is 11.8 Å². The maximum Gasteiger partial charge on any atom is 0.253 e. The van der Waals surface area contributed by atoms with Crippen LogP contribution in [0, 0.1) is 0 Å². The van der Waals surface area contributed by atoms with Crippen LogP contribution < -0.4 is 10.6 Å². The zero-order valence-electron chi connectivity index (χ0n) is 14.0. The van der Waals surface area contributed by atoms with E-state index in [9.17, 15) is 9.59 Å². The number of rotatable bonds is 6. The van der Waals surface area contributed by atoms with Crippen LogP contribution in [0.25, 0.3) is 0 Å². The van der Waals surface area contributed by atoms with Gasteiger partial charge in [-0.05, 0) is 42.7 Å². The molecule has 0 unspecified atom stereocenters. The largest absolute Gasteiger partial charge is 0.375 e. The highest BCUT2D eigenvalue weighted by Crippen LogP contribution is 2.24. The highest BCUT2D eigenvalue weighted by molar-refractivity contribution is 7.98. The molecule has 2 amide bonds. The Morgan fingerprint density at radius 1 is 1.04 bits per heavy atom. The monoisotopic (exact) mass is 343 g/mol. The molecule has 0 heterocycles. The third-order valence-corrected chi connectivity index (χ3v) is 4.16. The number of benzene rings is 2. The van der Waals surface area contributed by atoms with Gasteiger partial charge in [0.1, 0.15) is 0 Å². The lowest BCUT2D eigenvalue weighted by Gasteiger charge is -2.12. The van der Waals surface area contributed by atoms with Crippen LogP contribution in [0.15, 0.2) is 53.4 Å². The highest BCUT2D eigenvalue weighted by Gasteiger charge is 2.08. The molecule has 24 heavy (non-hydrogen) atoms. The first-order valence-electron chi connectivity index (χ1n) is 7.49. The van der Waals surface area contributed by atoms with E-state index in [0.29, 0.717) is 11.3 Å². The molecule has 0 aromatic heterocycles. The lowest BCUT2D eigenvalue weighted by Crippen LogP contribution is -2.23. The molecule has 0 aliphatic rings. The van der Waals surface area contributed by atoms with Crippen molar-refractivity contribution >= 4 is 35.0 Å². The number of carbonyl (C=O) groups is 2. The van der Waals surface area contributed by atoms with Crippen LogP contribution in [0.5, 0.6) is 0 Å². The molecule has 2 aromatic rings. The van der Waals surface area contributed by atoms with Crippen molar-refractivity contribution < 1.29 is 9.59 Å². The van der Waals surface area contributed by atoms with Crippen LogP contribution in [0.3, 0.4) is 0 Å². The summed E-state index contributed by atoms with van der Waals surface area (Å²) < 4.78 is 0. The molecule has 0 saturated heterocycles. The number of hydrogen-bond acceptors (Lipinski definition) is 4. The lowest BCUT2D eigenvalue weighted by atomic mass is 10.2. The number of thioether (sulfide) groups is 1. The van der Waals surface area contributed by atoms with Gasteiger partial charge in [0, 0.05) is 35.9 Å². The van der Waals surface area contributed by atoms with Crippen LogP contribution in [0.4, 0.5) is 11.4 Å². The lowest BCUT2D eigenvalue weighted by molar-refractivity contribution is -0.114. The van der Waals surface area contributed by atoms with Crippen molar-refractivity contribution in [1.29, 1.82) is 0 Å². The van der Waals surface area contributed by atoms with E-state index in [-0.39, 0.29) is 18.4 Å². The molecular formula is C18H21N3O2S. The van der Waals surface area contributed by atoms with Crippen LogP contribution in [0.1, 0.15) is 10.4 Å². The molecule has 0 spiro atoms. The van der Waals surface area contributed by atoms with Gasteiger partial charge in [0.15, 0.2) is 0 Å². The number of anilines is 2. The van der Waals surface area contributed by atoms with Gasteiger partial charge in [-0.1, -0.05) is 12.1 Å². The fourth-order valence-corrected chi connectivity index (χ4v) is 2.70. The van der Waals surface area contributed by atoms with Gasteiger partial charge in [-0.25, -0.2) is 0 Å². The summed E-state index contributed by atoms with van der Waals surface area (Å²) in [6.45, 7) is 0.177. The van der Waals surface area contributed by atoms with Gasteiger partial charge in [-0.15, -0.1) is 11.8 Å². The summed E-state index contributed by atoms with van der Waals surface area (Å²) in [5.74, 6) is -0.208. The second kappa shape index (κ2) is 8.40. The molecule has 2 N–H and O–H groups in total. The van der Waals surface area contributed by atoms with Gasteiger partial charge in [0.2, 0.25) is 5.91 Å². The van der Waals surface area contributed by atoms with Gasteiger partial charge in [-0.3, -0.25) is 9.59 Å². The molecule has 0 atom stereocenters. The van der Waals surface area contributed by atoms with Gasteiger partial charge in [-0.2, -0.15) is 0 Å². The van der Waals surface area contributed by atoms with E-state index in [1.54, 1.807) is 50.1 Å². The van der Waals surface area contributed by atoms with E-state index < -0.39 is 0 Å². The predicted molar refractivity (Wildman–Crippen MR) is 99.8 cm³/mol. The van der Waals surface area contributed by atoms with Gasteiger partial charge >= 0.3 is 0 Å². The van der Waals surface area contributed by atoms with Crippen LogP contribution in [0.2, 0.25) is 0 Å². The quantitative estimate of drug-likeness (QED) is 0.791. The first-order valence-corrected chi connectivity index (χ1v) is 8.72. The van der Waals surface area contributed by atoms with E-state index in [4.69, 9.17) is 0 Å². The molecule has 0 aliphatic heterocycles. The maximum atomic E-state index is 12.1. The summed E-state index contributed by atoms with van der Waals surface area (Å²) >= 11 is 1.63. The van der Waals surface area contributed by atoms with Gasteiger partial charge in [0.25, 0.3) is 5.91 Å². The Hall–Kier alpha value is -2.47. The number of carbonyl (C=O) groups excluding carboxylic acids is 2. The Morgan fingerprint density at radius 3 is 2.33 bits per heavy atom. The standard InChI is InChI=1S/C18H21N3O2S/c1-21(2)18(23)13-8-10-14(11-9-13)20-17(22)12-19-15-6-4-5-7-16(15)24-3/h4-11,19H,12H2,1-3H3,(H,20,22). The van der Waals surface area contributed by atoms with Crippen molar-refractivity contribution in [2.45, 2.75) is 4.90 Å². The molecule has 0 fully saturated rings. The third kappa shape index (κ3) is 4.76. The summed E-state index contributed by atoms with van der Waals surface area (Å²) in [6.07, 6.45) is 2.00. The van der Waals surface area contributed by atoms with Crippen molar-refractivity contribution in [1.82, 2.24) is 4.90 Å². The summed E-state index contributed by atoms with van der Waals surface area (Å²) in [7, 11) is 3.41. The fourth-order valence-electron chi connectivity index (χ4n) is 2.13. The normalized spacial score (nSPS) is 10.1. The summed E-state index contributed by atoms with van der Waals surface area (Å²) in [5.41, 5.74) is 2.19. The van der Waals surface area contributed by atoms with Crippen molar-refractivity contribution in [3.05, 3.63) is 54.1 Å². The molecule has 126 valence electrons. The van der Waals surface area contributed by atoms with Gasteiger partial charge < -0.3 is 15.5 Å². The molecule has 0 radical (unpaired) electrons. The second-order valence-electron chi connectivity index (χ2n) is 5.38. The fraction of sp³-hybridized carbons (Fsp3) is 0.222. The Labute approximate surface area is 146 Å². The zero-order valence-corrected chi connectivity index (χ0v) is 14.8. The van der Waals surface area contributed by atoms with E-state index >= 15 is 0 Å². The molecule has 5 nitrogen and oxygen atoms in total. The Kier molecular flexibility index (Phi) is 6.26. The first-order chi connectivity index (χ1) is 11.5. The number of nitrogens with one attached hydrogen (secondary N) is 2. The zero-order chi connectivity index (χ0) is 17.5. The average molecular weight is 343 g/mol. The van der Waals surface area contributed by atoms with Crippen molar-refractivity contribution in [3.8, 4) is 0 Å². The van der Waals surface area contributed by atoms with Crippen LogP contribution in [-0.4, -0.2) is 43.6 Å². The summed E-state index contributed by atoms with van der Waals surface area (Å²) in [5, 5.41) is 5.95. The molecular weight excluding hydrogens is 322 g/mol. The number of amides is 2. The molecule has 2 rings (SSSR count). The topological polar surface area (TPSA) is 61.4 Å². The van der Waals surface area contributed by atoms with E-state index in [1.807, 2.05) is 30.5 Å². The minimum absolute atomic E-state index is 0.0665. The Balaban J connectivity index is 1.91. The minimum Gasteiger partial charge on any atom is -0.375 e. The van der Waals surface area contributed by atoms with Crippen LogP contribution in [-0.2, 0) is 4.79 Å². The third-order valence-electron chi connectivity index (χ3n) is 3.37. The van der Waals surface area contributed by atoms with Crippen molar-refractivity contribution in [3.63, 3.8) is 0 Å². The molecule has 6 heteroatoms. The minimum atomic E-state index is -0.141. The SMILES string of the molecule is CSc1ccccc1NCC(=O)Nc1ccc(C(=O)N(C)C)cc1. The van der Waals surface area contributed by atoms with Gasteiger partial charge in [0.05, 0.1) is 6.54 Å². The van der Waals surface area contributed by atoms with E-state index in [2.05, 4.69) is 10.6 Å². The number of hydrogen-bond donors (Lipinski definition) is 2. The smallest absolute Gasteiger partial charge is 0.253 e. The van der Waals surface area contributed by atoms with Crippen molar-refractivity contribution in [2.24, 2.45) is 0 Å². The van der Waals surface area contributed by atoms with E-state index in [0.717, 1.165) is 10.6 Å². The number of para-hydroxylation sites is 1. The average Bonchev–Trinajstić information content (AvgIpc) is 2.60. The predicted octanol–water partition coefficient (Wildman–Crippen LogP) is 3.16. The van der Waals surface area contributed by atoms with Crippen molar-refractivity contribution in [2.75, 3.05) is 37.5 Å². The second-order valence-corrected chi connectivity index (χ2v) is 6.23. The summed E-state index contributed by atoms with van der Waals surface area (Å²) in [4.78, 5) is 26.5. The summed E-state index contributed by atoms with van der Waals surface area (Å²) in [6, 6.07) is 14.7. The van der Waals surface area contributed by atoms with E-state index in [1.165, 1.54) is 4.90 Å².